The van der Waals surface area contributed by atoms with Gasteiger partial charge in [0, 0.05) is 5.69 Å². The number of thiophene rings is 1. The van der Waals surface area contributed by atoms with Crippen LogP contribution in [-0.4, -0.2) is 20.6 Å². The van der Waals surface area contributed by atoms with Gasteiger partial charge in [-0.3, -0.25) is 9.52 Å². The molecule has 1 heterocycles. The summed E-state index contributed by atoms with van der Waals surface area (Å²) in [5, 5.41) is 2.78. The molecule has 0 saturated heterocycles. The van der Waals surface area contributed by atoms with Gasteiger partial charge in [0.25, 0.3) is 5.91 Å². The smallest absolute Gasteiger partial charge is 0.265 e. The molecule has 0 fully saturated rings. The third-order valence-corrected chi connectivity index (χ3v) is 4.79. The second-order valence-corrected chi connectivity index (χ2v) is 8.67. The number of nitrogens with one attached hydrogen (secondary N) is 2. The Hall–Kier alpha value is -1.38. The maximum Gasteiger partial charge on any atom is 0.265 e. The summed E-state index contributed by atoms with van der Waals surface area (Å²) in [6.07, 6.45) is 1.09. The van der Waals surface area contributed by atoms with E-state index in [2.05, 4.69) is 26.0 Å². The van der Waals surface area contributed by atoms with Gasteiger partial charge in [-0.25, -0.2) is 8.42 Å². The van der Waals surface area contributed by atoms with E-state index in [4.69, 9.17) is 0 Å². The van der Waals surface area contributed by atoms with Crippen molar-refractivity contribution < 1.29 is 13.2 Å². The Morgan fingerprint density at radius 2 is 1.95 bits per heavy atom. The average molecular weight is 389 g/mol. The second kappa shape index (κ2) is 6.17. The number of halogens is 1. The van der Waals surface area contributed by atoms with E-state index in [1.807, 2.05) is 6.07 Å². The highest BCUT2D eigenvalue weighted by Crippen LogP contribution is 2.24. The molecule has 0 spiro atoms. The summed E-state index contributed by atoms with van der Waals surface area (Å²) in [6.45, 7) is 1.77. The van der Waals surface area contributed by atoms with E-state index in [0.717, 1.165) is 15.6 Å². The van der Waals surface area contributed by atoms with E-state index in [-0.39, 0.29) is 5.91 Å². The quantitative estimate of drug-likeness (QED) is 0.841. The number of aryl methyl sites for hydroxylation is 1. The summed E-state index contributed by atoms with van der Waals surface area (Å²) in [4.78, 5) is 12.6. The molecule has 0 radical (unpaired) electrons. The maximum atomic E-state index is 12.0. The highest BCUT2D eigenvalue weighted by atomic mass is 79.9. The topological polar surface area (TPSA) is 75.3 Å². The lowest BCUT2D eigenvalue weighted by atomic mass is 10.2. The van der Waals surface area contributed by atoms with Crippen molar-refractivity contribution in [2.45, 2.75) is 6.92 Å². The lowest BCUT2D eigenvalue weighted by molar-refractivity contribution is 0.103. The fourth-order valence-corrected chi connectivity index (χ4v) is 3.59. The first-order valence-corrected chi connectivity index (χ1v) is 9.40. The van der Waals surface area contributed by atoms with Crippen LogP contribution in [-0.2, 0) is 10.0 Å². The number of hydrogen-bond acceptors (Lipinski definition) is 4. The molecule has 0 bridgehead atoms. The molecule has 0 aliphatic rings. The fourth-order valence-electron chi connectivity index (χ4n) is 1.68. The first-order valence-electron chi connectivity index (χ1n) is 5.90. The minimum atomic E-state index is -3.32. The molecule has 0 aliphatic heterocycles. The molecule has 112 valence electrons. The molecule has 0 aliphatic carbocycles. The number of sulfonamides is 1. The SMILES string of the molecule is Cc1cc(NC(=O)c2ccc(Br)s2)ccc1NS(C)(=O)=O. The average Bonchev–Trinajstić information content (AvgIpc) is 2.78. The van der Waals surface area contributed by atoms with Crippen LogP contribution in [0.2, 0.25) is 0 Å². The van der Waals surface area contributed by atoms with Crippen molar-refractivity contribution in [1.29, 1.82) is 0 Å². The zero-order valence-electron chi connectivity index (χ0n) is 11.3. The zero-order valence-corrected chi connectivity index (χ0v) is 14.5. The summed E-state index contributed by atoms with van der Waals surface area (Å²) in [5.74, 6) is -0.200. The van der Waals surface area contributed by atoms with Gasteiger partial charge in [-0.15, -0.1) is 11.3 Å². The molecule has 1 amide bonds. The van der Waals surface area contributed by atoms with Gasteiger partial charge in [0.15, 0.2) is 0 Å². The van der Waals surface area contributed by atoms with Crippen molar-refractivity contribution in [2.75, 3.05) is 16.3 Å². The molecule has 21 heavy (non-hydrogen) atoms. The lowest BCUT2D eigenvalue weighted by Crippen LogP contribution is -2.12. The number of anilines is 2. The Kier molecular flexibility index (Phi) is 4.70. The van der Waals surface area contributed by atoms with Crippen LogP contribution in [0, 0.1) is 6.92 Å². The molecule has 0 atom stereocenters. The van der Waals surface area contributed by atoms with Crippen LogP contribution in [0.3, 0.4) is 0 Å². The Bertz CT molecular complexity index is 784. The summed E-state index contributed by atoms with van der Waals surface area (Å²) >= 11 is 4.65. The molecule has 1 aromatic carbocycles. The van der Waals surface area contributed by atoms with Gasteiger partial charge < -0.3 is 5.32 Å². The number of benzene rings is 1. The molecule has 2 aromatic rings. The number of amides is 1. The molecular formula is C13H13BrN2O3S2. The third kappa shape index (κ3) is 4.55. The van der Waals surface area contributed by atoms with Crippen molar-refractivity contribution in [3.63, 3.8) is 0 Å². The Labute approximate surface area is 135 Å². The summed E-state index contributed by atoms with van der Waals surface area (Å²) in [7, 11) is -3.32. The van der Waals surface area contributed by atoms with Crippen LogP contribution in [0.25, 0.3) is 0 Å². The first kappa shape index (κ1) is 16.0. The van der Waals surface area contributed by atoms with Crippen LogP contribution in [0.15, 0.2) is 34.1 Å². The number of rotatable bonds is 4. The van der Waals surface area contributed by atoms with Gasteiger partial charge in [0.1, 0.15) is 0 Å². The van der Waals surface area contributed by atoms with Crippen molar-refractivity contribution in [2.24, 2.45) is 0 Å². The number of carbonyl (C=O) groups is 1. The summed E-state index contributed by atoms with van der Waals surface area (Å²) in [6, 6.07) is 8.53. The minimum absolute atomic E-state index is 0.200. The molecule has 2 rings (SSSR count). The molecule has 0 unspecified atom stereocenters. The first-order chi connectivity index (χ1) is 9.74. The van der Waals surface area contributed by atoms with Crippen LogP contribution in [0.4, 0.5) is 11.4 Å². The normalized spacial score (nSPS) is 11.2. The Morgan fingerprint density at radius 3 is 2.48 bits per heavy atom. The van der Waals surface area contributed by atoms with Gasteiger partial charge in [-0.05, 0) is 58.7 Å². The predicted molar refractivity (Wildman–Crippen MR) is 89.6 cm³/mol. The molecule has 8 heteroatoms. The lowest BCUT2D eigenvalue weighted by Gasteiger charge is -2.10. The van der Waals surface area contributed by atoms with E-state index < -0.39 is 10.0 Å². The van der Waals surface area contributed by atoms with E-state index in [0.29, 0.717) is 16.3 Å². The van der Waals surface area contributed by atoms with Gasteiger partial charge in [-0.1, -0.05) is 0 Å². The minimum Gasteiger partial charge on any atom is -0.321 e. The van der Waals surface area contributed by atoms with Gasteiger partial charge in [0.2, 0.25) is 10.0 Å². The van der Waals surface area contributed by atoms with Crippen molar-refractivity contribution in [3.8, 4) is 0 Å². The zero-order chi connectivity index (χ0) is 15.6. The van der Waals surface area contributed by atoms with E-state index >= 15 is 0 Å². The maximum absolute atomic E-state index is 12.0. The molecule has 2 N–H and O–H groups in total. The van der Waals surface area contributed by atoms with Crippen molar-refractivity contribution in [3.05, 3.63) is 44.6 Å². The Balaban J connectivity index is 2.15. The third-order valence-electron chi connectivity index (χ3n) is 2.58. The predicted octanol–water partition coefficient (Wildman–Crippen LogP) is 3.44. The van der Waals surface area contributed by atoms with Crippen LogP contribution in [0.1, 0.15) is 15.2 Å². The number of hydrogen-bond donors (Lipinski definition) is 2. The largest absolute Gasteiger partial charge is 0.321 e. The standard InChI is InChI=1S/C13H13BrN2O3S2/c1-8-7-9(3-4-10(8)16-21(2,18)19)15-13(17)11-5-6-12(14)20-11/h3-7,16H,1-2H3,(H,15,17). The van der Waals surface area contributed by atoms with Gasteiger partial charge in [-0.2, -0.15) is 0 Å². The molecule has 5 nitrogen and oxygen atoms in total. The van der Waals surface area contributed by atoms with Crippen LogP contribution in [0.5, 0.6) is 0 Å². The molecule has 0 saturated carbocycles. The summed E-state index contributed by atoms with van der Waals surface area (Å²) < 4.78 is 25.7. The summed E-state index contributed by atoms with van der Waals surface area (Å²) in [5.41, 5.74) is 1.83. The van der Waals surface area contributed by atoms with Crippen molar-refractivity contribution in [1.82, 2.24) is 0 Å². The van der Waals surface area contributed by atoms with Gasteiger partial charge >= 0.3 is 0 Å². The Morgan fingerprint density at radius 1 is 1.24 bits per heavy atom. The monoisotopic (exact) mass is 388 g/mol. The molecular weight excluding hydrogens is 376 g/mol. The van der Waals surface area contributed by atoms with Crippen molar-refractivity contribution >= 4 is 54.6 Å². The highest BCUT2D eigenvalue weighted by Gasteiger charge is 2.10. The van der Waals surface area contributed by atoms with E-state index in [9.17, 15) is 13.2 Å². The molecule has 1 aromatic heterocycles. The number of carbonyl (C=O) groups excluding carboxylic acids is 1. The van der Waals surface area contributed by atoms with Gasteiger partial charge in [0.05, 0.1) is 20.6 Å². The van der Waals surface area contributed by atoms with E-state index in [1.54, 1.807) is 31.2 Å². The van der Waals surface area contributed by atoms with E-state index in [1.165, 1.54) is 11.3 Å². The fraction of sp³-hybridized carbons (Fsp3) is 0.154. The highest BCUT2D eigenvalue weighted by molar-refractivity contribution is 9.11. The van der Waals surface area contributed by atoms with Crippen LogP contribution < -0.4 is 10.0 Å². The van der Waals surface area contributed by atoms with Crippen LogP contribution >= 0.6 is 27.3 Å². The second-order valence-electron chi connectivity index (χ2n) is 4.46.